The molecule has 1 fully saturated rings. The van der Waals surface area contributed by atoms with E-state index in [0.29, 0.717) is 30.9 Å². The fourth-order valence-corrected chi connectivity index (χ4v) is 3.43. The van der Waals surface area contributed by atoms with E-state index in [0.717, 1.165) is 17.2 Å². The van der Waals surface area contributed by atoms with E-state index in [1.54, 1.807) is 22.8 Å². The van der Waals surface area contributed by atoms with E-state index < -0.39 is 6.17 Å². The van der Waals surface area contributed by atoms with Crippen molar-refractivity contribution in [2.24, 2.45) is 7.05 Å². The Morgan fingerprint density at radius 2 is 2.39 bits per heavy atom. The van der Waals surface area contributed by atoms with Gasteiger partial charge in [-0.1, -0.05) is 4.49 Å². The minimum absolute atomic E-state index is 0.00488. The molecule has 9 heteroatoms. The number of aromatic nitrogens is 4. The van der Waals surface area contributed by atoms with Crippen molar-refractivity contribution < 1.29 is 9.18 Å². The van der Waals surface area contributed by atoms with Crippen LogP contribution in [0.2, 0.25) is 0 Å². The van der Waals surface area contributed by atoms with Crippen molar-refractivity contribution in [1.29, 1.82) is 0 Å². The van der Waals surface area contributed by atoms with E-state index in [9.17, 15) is 9.18 Å². The van der Waals surface area contributed by atoms with Gasteiger partial charge in [-0.25, -0.2) is 4.39 Å². The Labute approximate surface area is 137 Å². The summed E-state index contributed by atoms with van der Waals surface area (Å²) in [5.74, 6) is -0.122. The molecule has 0 unspecified atom stereocenters. The zero-order valence-electron chi connectivity index (χ0n) is 13.1. The van der Waals surface area contributed by atoms with Gasteiger partial charge in [0.1, 0.15) is 11.0 Å². The Kier molecular flexibility index (Phi) is 4.67. The van der Waals surface area contributed by atoms with Crippen molar-refractivity contribution in [3.8, 4) is 0 Å². The summed E-state index contributed by atoms with van der Waals surface area (Å²) in [6.45, 7) is 1.50. The van der Waals surface area contributed by atoms with Crippen LogP contribution in [0.1, 0.15) is 21.8 Å². The maximum atomic E-state index is 13.9. The van der Waals surface area contributed by atoms with Crippen molar-refractivity contribution in [2.75, 3.05) is 20.1 Å². The fraction of sp³-hybridized carbons (Fsp3) is 0.571. The number of rotatable bonds is 5. The van der Waals surface area contributed by atoms with Crippen LogP contribution in [0.4, 0.5) is 4.39 Å². The van der Waals surface area contributed by atoms with E-state index in [4.69, 9.17) is 0 Å². The summed E-state index contributed by atoms with van der Waals surface area (Å²) in [6.07, 6.45) is 2.78. The molecule has 124 valence electrons. The first-order chi connectivity index (χ1) is 11.0. The van der Waals surface area contributed by atoms with Gasteiger partial charge in [-0.3, -0.25) is 14.4 Å². The zero-order valence-corrected chi connectivity index (χ0v) is 13.9. The smallest absolute Gasteiger partial charge is 0.267 e. The molecular formula is C14H19FN6OS. The lowest BCUT2D eigenvalue weighted by molar-refractivity contribution is 0.0753. The van der Waals surface area contributed by atoms with Gasteiger partial charge in [0.25, 0.3) is 5.91 Å². The number of aryl methyl sites for hydroxylation is 1. The molecule has 23 heavy (non-hydrogen) atoms. The van der Waals surface area contributed by atoms with Gasteiger partial charge in [0, 0.05) is 46.0 Å². The molecule has 0 saturated carbocycles. The van der Waals surface area contributed by atoms with E-state index >= 15 is 0 Å². The normalized spacial score (nSPS) is 21.7. The summed E-state index contributed by atoms with van der Waals surface area (Å²) in [6, 6.07) is 1.93. The third-order valence-electron chi connectivity index (χ3n) is 4.17. The lowest BCUT2D eigenvalue weighted by Gasteiger charge is -2.28. The molecule has 2 aromatic rings. The van der Waals surface area contributed by atoms with Gasteiger partial charge in [0.2, 0.25) is 0 Å². The number of amides is 1. The Hall–Kier alpha value is -1.87. The molecule has 2 atom stereocenters. The number of alkyl halides is 1. The minimum atomic E-state index is -0.859. The number of hydrogen-bond acceptors (Lipinski definition) is 6. The van der Waals surface area contributed by atoms with Crippen LogP contribution in [0.3, 0.4) is 0 Å². The number of halogens is 1. The van der Waals surface area contributed by atoms with Crippen LogP contribution < -0.4 is 0 Å². The average Bonchev–Trinajstić information content (AvgIpc) is 3.23. The van der Waals surface area contributed by atoms with Gasteiger partial charge >= 0.3 is 0 Å². The minimum Gasteiger partial charge on any atom is -0.339 e. The first-order valence-corrected chi connectivity index (χ1v) is 8.19. The molecule has 0 aliphatic carbocycles. The van der Waals surface area contributed by atoms with Crippen LogP contribution in [-0.2, 0) is 13.6 Å². The van der Waals surface area contributed by atoms with Crippen molar-refractivity contribution >= 4 is 17.4 Å². The Morgan fingerprint density at radius 1 is 1.57 bits per heavy atom. The average molecular weight is 338 g/mol. The highest BCUT2D eigenvalue weighted by atomic mass is 32.1. The maximum absolute atomic E-state index is 13.9. The van der Waals surface area contributed by atoms with Crippen LogP contribution in [0.15, 0.2) is 18.5 Å². The topological polar surface area (TPSA) is 67.2 Å². The van der Waals surface area contributed by atoms with Crippen LogP contribution >= 0.6 is 11.5 Å². The lowest BCUT2D eigenvalue weighted by atomic mass is 10.2. The van der Waals surface area contributed by atoms with E-state index in [1.165, 1.54) is 6.20 Å². The molecule has 1 amide bonds. The number of likely N-dealkylation sites (N-methyl/N-ethyl adjacent to an activating group) is 1. The van der Waals surface area contributed by atoms with Crippen LogP contribution in [0, 0.1) is 0 Å². The molecule has 3 rings (SSSR count). The van der Waals surface area contributed by atoms with Crippen LogP contribution in [0.25, 0.3) is 0 Å². The Morgan fingerprint density at radius 3 is 3.04 bits per heavy atom. The van der Waals surface area contributed by atoms with Gasteiger partial charge in [0.15, 0.2) is 0 Å². The molecule has 7 nitrogen and oxygen atoms in total. The summed E-state index contributed by atoms with van der Waals surface area (Å²) >= 11 is 1.07. The largest absolute Gasteiger partial charge is 0.339 e. The number of hydrogen-bond donors (Lipinski definition) is 0. The number of carbonyl (C=O) groups excluding carboxylic acids is 1. The number of likely N-dealkylation sites (tertiary alicyclic amines) is 1. The summed E-state index contributed by atoms with van der Waals surface area (Å²) in [5.41, 5.74) is 1.03. The van der Waals surface area contributed by atoms with Crippen LogP contribution in [0.5, 0.6) is 0 Å². The monoisotopic (exact) mass is 338 g/mol. The maximum Gasteiger partial charge on any atom is 0.267 e. The zero-order chi connectivity index (χ0) is 16.4. The summed E-state index contributed by atoms with van der Waals surface area (Å²) in [5, 5.41) is 7.83. The predicted octanol–water partition coefficient (Wildman–Crippen LogP) is 0.956. The van der Waals surface area contributed by atoms with E-state index in [1.807, 2.05) is 13.1 Å². The number of nitrogens with zero attached hydrogens (tertiary/aromatic N) is 6. The van der Waals surface area contributed by atoms with Gasteiger partial charge in [-0.15, -0.1) is 5.10 Å². The van der Waals surface area contributed by atoms with E-state index in [-0.39, 0.29) is 11.9 Å². The number of carbonyl (C=O) groups is 1. The molecule has 2 aromatic heterocycles. The van der Waals surface area contributed by atoms with Crippen molar-refractivity contribution in [2.45, 2.75) is 25.2 Å². The third kappa shape index (κ3) is 3.56. The quantitative estimate of drug-likeness (QED) is 0.812. The summed E-state index contributed by atoms with van der Waals surface area (Å²) < 4.78 is 19.4. The molecule has 1 aliphatic rings. The van der Waals surface area contributed by atoms with Crippen molar-refractivity contribution in [3.05, 3.63) is 29.0 Å². The highest BCUT2D eigenvalue weighted by Crippen LogP contribution is 2.23. The second-order valence-corrected chi connectivity index (χ2v) is 6.62. The SMILES string of the molecule is CN(C[C@@H]1C[C@H](F)CN1Cc1ccnn1C)C(=O)c1cnns1. The van der Waals surface area contributed by atoms with Gasteiger partial charge in [-0.05, 0) is 24.0 Å². The molecule has 0 aromatic carbocycles. The second-order valence-electron chi connectivity index (χ2n) is 5.83. The Balaban J connectivity index is 1.65. The Bertz CT molecular complexity index is 660. The fourth-order valence-electron chi connectivity index (χ4n) is 2.92. The highest BCUT2D eigenvalue weighted by Gasteiger charge is 2.34. The second kappa shape index (κ2) is 6.71. The molecular weight excluding hydrogens is 319 g/mol. The van der Waals surface area contributed by atoms with Crippen molar-refractivity contribution in [3.63, 3.8) is 0 Å². The van der Waals surface area contributed by atoms with Crippen molar-refractivity contribution in [1.82, 2.24) is 29.2 Å². The standard InChI is InChI=1S/C14H19FN6OS/c1-19(14(22)13-6-16-18-23-13)8-12-5-10(15)7-21(12)9-11-3-4-17-20(11)2/h3-4,6,10,12H,5,7-9H2,1-2H3/t10-,12-/m0/s1. The molecule has 3 heterocycles. The molecule has 0 spiro atoms. The predicted molar refractivity (Wildman–Crippen MR) is 83.8 cm³/mol. The summed E-state index contributed by atoms with van der Waals surface area (Å²) in [7, 11) is 3.61. The highest BCUT2D eigenvalue weighted by molar-refractivity contribution is 7.07. The van der Waals surface area contributed by atoms with Gasteiger partial charge in [0.05, 0.1) is 11.9 Å². The van der Waals surface area contributed by atoms with Gasteiger partial charge < -0.3 is 4.90 Å². The van der Waals surface area contributed by atoms with Gasteiger partial charge in [-0.2, -0.15) is 5.10 Å². The molecule has 0 radical (unpaired) electrons. The molecule has 1 saturated heterocycles. The molecule has 0 bridgehead atoms. The first-order valence-electron chi connectivity index (χ1n) is 7.42. The molecule has 1 aliphatic heterocycles. The summed E-state index contributed by atoms with van der Waals surface area (Å²) in [4.78, 5) is 16.5. The lowest BCUT2D eigenvalue weighted by Crippen LogP contribution is -2.41. The van der Waals surface area contributed by atoms with E-state index in [2.05, 4.69) is 19.6 Å². The van der Waals surface area contributed by atoms with Crippen LogP contribution in [-0.4, -0.2) is 67.4 Å². The molecule has 0 N–H and O–H groups in total. The third-order valence-corrected chi connectivity index (χ3v) is 4.82. The first kappa shape index (κ1) is 16.0.